The van der Waals surface area contributed by atoms with E-state index in [1.165, 1.54) is 20.1 Å². The molecule has 27 heavy (non-hydrogen) atoms. The van der Waals surface area contributed by atoms with E-state index in [1.807, 2.05) is 17.0 Å². The molecular formula is C21H23FN2O3. The Kier molecular flexibility index (Phi) is 5.86. The highest BCUT2D eigenvalue weighted by Gasteiger charge is 2.20. The van der Waals surface area contributed by atoms with Crippen molar-refractivity contribution in [3.8, 4) is 0 Å². The second-order valence-corrected chi connectivity index (χ2v) is 6.67. The number of esters is 1. The zero-order valence-electron chi connectivity index (χ0n) is 15.6. The number of benzene rings is 2. The molecule has 0 unspecified atom stereocenters. The van der Waals surface area contributed by atoms with Crippen LogP contribution in [0.4, 0.5) is 10.1 Å². The van der Waals surface area contributed by atoms with E-state index in [0.29, 0.717) is 16.8 Å². The number of ether oxygens (including phenoxy) is 1. The Bertz CT molecular complexity index is 828. The Hall–Kier alpha value is -2.73. The summed E-state index contributed by atoms with van der Waals surface area (Å²) < 4.78 is 19.0. The third kappa shape index (κ3) is 4.52. The molecule has 0 radical (unpaired) electrons. The second kappa shape index (κ2) is 8.31. The van der Waals surface area contributed by atoms with Crippen molar-refractivity contribution in [2.45, 2.75) is 13.5 Å². The summed E-state index contributed by atoms with van der Waals surface area (Å²) in [6.07, 6.45) is 0. The second-order valence-electron chi connectivity index (χ2n) is 6.67. The number of piperazine rings is 1. The number of carbonyl (C=O) groups is 2. The van der Waals surface area contributed by atoms with Gasteiger partial charge in [0.2, 0.25) is 0 Å². The summed E-state index contributed by atoms with van der Waals surface area (Å²) in [5, 5.41) is 0. The van der Waals surface area contributed by atoms with Crippen LogP contribution in [0.25, 0.3) is 0 Å². The number of halogens is 1. The van der Waals surface area contributed by atoms with E-state index in [9.17, 15) is 14.0 Å². The van der Waals surface area contributed by atoms with Crippen molar-refractivity contribution in [2.24, 2.45) is 0 Å². The molecule has 1 heterocycles. The van der Waals surface area contributed by atoms with Gasteiger partial charge in [-0.3, -0.25) is 9.69 Å². The number of methoxy groups -OCH3 is 1. The first-order chi connectivity index (χ1) is 13.0. The molecule has 1 saturated heterocycles. The van der Waals surface area contributed by atoms with Crippen LogP contribution in [-0.4, -0.2) is 49.9 Å². The Morgan fingerprint density at radius 1 is 1.00 bits per heavy atom. The zero-order chi connectivity index (χ0) is 19.4. The highest BCUT2D eigenvalue weighted by atomic mass is 19.1. The standard InChI is InChI=1S/C21H23FN2O3/c1-15(25)18-7-8-20(19(22)13-18)24-11-9-23(10-12-24)14-16-3-5-17(6-4-16)21(26)27-2/h3-8,13H,9-12,14H2,1-2H3. The molecule has 0 aliphatic carbocycles. The fourth-order valence-corrected chi connectivity index (χ4v) is 3.25. The molecule has 1 fully saturated rings. The lowest BCUT2D eigenvalue weighted by atomic mass is 10.1. The number of carbonyl (C=O) groups excluding carboxylic acids is 2. The van der Waals surface area contributed by atoms with Crippen molar-refractivity contribution in [2.75, 3.05) is 38.2 Å². The van der Waals surface area contributed by atoms with Gasteiger partial charge >= 0.3 is 5.97 Å². The molecule has 2 aromatic rings. The van der Waals surface area contributed by atoms with Gasteiger partial charge in [0.15, 0.2) is 5.78 Å². The molecule has 1 aliphatic rings. The van der Waals surface area contributed by atoms with Crippen LogP contribution in [0, 0.1) is 5.82 Å². The normalized spacial score (nSPS) is 14.9. The molecule has 0 saturated carbocycles. The summed E-state index contributed by atoms with van der Waals surface area (Å²) >= 11 is 0. The minimum absolute atomic E-state index is 0.136. The van der Waals surface area contributed by atoms with E-state index in [0.717, 1.165) is 38.3 Å². The summed E-state index contributed by atoms with van der Waals surface area (Å²) in [4.78, 5) is 27.2. The number of hydrogen-bond acceptors (Lipinski definition) is 5. The van der Waals surface area contributed by atoms with Gasteiger partial charge in [-0.05, 0) is 42.8 Å². The zero-order valence-corrected chi connectivity index (χ0v) is 15.6. The monoisotopic (exact) mass is 370 g/mol. The largest absolute Gasteiger partial charge is 0.465 e. The van der Waals surface area contributed by atoms with E-state index in [2.05, 4.69) is 4.90 Å². The lowest BCUT2D eigenvalue weighted by molar-refractivity contribution is 0.0600. The first kappa shape index (κ1) is 19.0. The molecule has 0 bridgehead atoms. The number of hydrogen-bond donors (Lipinski definition) is 0. The molecule has 0 spiro atoms. The third-order valence-corrected chi connectivity index (χ3v) is 4.85. The van der Waals surface area contributed by atoms with Crippen molar-refractivity contribution in [3.63, 3.8) is 0 Å². The summed E-state index contributed by atoms with van der Waals surface area (Å²) in [5.41, 5.74) is 2.59. The maximum Gasteiger partial charge on any atom is 0.337 e. The van der Waals surface area contributed by atoms with E-state index < -0.39 is 0 Å². The van der Waals surface area contributed by atoms with Crippen molar-refractivity contribution >= 4 is 17.4 Å². The minimum atomic E-state index is -0.352. The van der Waals surface area contributed by atoms with E-state index >= 15 is 0 Å². The van der Waals surface area contributed by atoms with Crippen LogP contribution in [-0.2, 0) is 11.3 Å². The van der Waals surface area contributed by atoms with Crippen molar-refractivity contribution in [1.29, 1.82) is 0 Å². The maximum atomic E-state index is 14.3. The molecule has 0 atom stereocenters. The number of ketones is 1. The molecule has 3 rings (SSSR count). The van der Waals surface area contributed by atoms with Crippen LogP contribution in [0.5, 0.6) is 0 Å². The Labute approximate surface area is 158 Å². The number of Topliss-reactive ketones (excluding diaryl/α,β-unsaturated/α-hetero) is 1. The van der Waals surface area contributed by atoms with Crippen LogP contribution in [0.2, 0.25) is 0 Å². The predicted octanol–water partition coefficient (Wildman–Crippen LogP) is 3.14. The highest BCUT2D eigenvalue weighted by Crippen LogP contribution is 2.23. The Morgan fingerprint density at radius 2 is 1.63 bits per heavy atom. The molecule has 142 valence electrons. The van der Waals surface area contributed by atoms with Gasteiger partial charge in [-0.2, -0.15) is 0 Å². The summed E-state index contributed by atoms with van der Waals surface area (Å²) in [7, 11) is 1.37. The van der Waals surface area contributed by atoms with Crippen LogP contribution < -0.4 is 4.90 Å². The Balaban J connectivity index is 1.57. The summed E-state index contributed by atoms with van der Waals surface area (Å²) in [5.74, 6) is -0.828. The fourth-order valence-electron chi connectivity index (χ4n) is 3.25. The third-order valence-electron chi connectivity index (χ3n) is 4.85. The number of anilines is 1. The first-order valence-corrected chi connectivity index (χ1v) is 8.93. The smallest absolute Gasteiger partial charge is 0.337 e. The van der Waals surface area contributed by atoms with Gasteiger partial charge in [-0.25, -0.2) is 9.18 Å². The molecular weight excluding hydrogens is 347 g/mol. The fraction of sp³-hybridized carbons (Fsp3) is 0.333. The highest BCUT2D eigenvalue weighted by molar-refractivity contribution is 5.94. The van der Waals surface area contributed by atoms with Gasteiger partial charge in [0.1, 0.15) is 5.82 Å². The quantitative estimate of drug-likeness (QED) is 0.598. The minimum Gasteiger partial charge on any atom is -0.465 e. The predicted molar refractivity (Wildman–Crippen MR) is 102 cm³/mol. The molecule has 1 aliphatic heterocycles. The van der Waals surface area contributed by atoms with Crippen molar-refractivity contribution in [1.82, 2.24) is 4.90 Å². The van der Waals surface area contributed by atoms with Gasteiger partial charge in [-0.1, -0.05) is 12.1 Å². The lowest BCUT2D eigenvalue weighted by Crippen LogP contribution is -2.46. The molecule has 0 amide bonds. The van der Waals surface area contributed by atoms with E-state index in [-0.39, 0.29) is 17.6 Å². The summed E-state index contributed by atoms with van der Waals surface area (Å²) in [6.45, 7) is 5.28. The maximum absolute atomic E-state index is 14.3. The lowest BCUT2D eigenvalue weighted by Gasteiger charge is -2.36. The average molecular weight is 370 g/mol. The number of rotatable bonds is 5. The molecule has 5 nitrogen and oxygen atoms in total. The topological polar surface area (TPSA) is 49.9 Å². The van der Waals surface area contributed by atoms with Gasteiger partial charge < -0.3 is 9.64 Å². The SMILES string of the molecule is COC(=O)c1ccc(CN2CCN(c3ccc(C(C)=O)cc3F)CC2)cc1. The molecule has 6 heteroatoms. The average Bonchev–Trinajstić information content (AvgIpc) is 2.68. The van der Waals surface area contributed by atoms with Crippen molar-refractivity contribution < 1.29 is 18.7 Å². The van der Waals surface area contributed by atoms with Crippen LogP contribution in [0.1, 0.15) is 33.2 Å². The van der Waals surface area contributed by atoms with Gasteiger partial charge in [0, 0.05) is 38.3 Å². The van der Waals surface area contributed by atoms with Gasteiger partial charge in [0.05, 0.1) is 18.4 Å². The first-order valence-electron chi connectivity index (χ1n) is 8.93. The van der Waals surface area contributed by atoms with E-state index in [4.69, 9.17) is 4.74 Å². The van der Waals surface area contributed by atoms with Crippen molar-refractivity contribution in [3.05, 3.63) is 65.0 Å². The number of nitrogens with zero attached hydrogens (tertiary/aromatic N) is 2. The van der Waals surface area contributed by atoms with Crippen LogP contribution >= 0.6 is 0 Å². The van der Waals surface area contributed by atoms with Crippen LogP contribution in [0.15, 0.2) is 42.5 Å². The van der Waals surface area contributed by atoms with Gasteiger partial charge in [-0.15, -0.1) is 0 Å². The molecule has 2 aromatic carbocycles. The van der Waals surface area contributed by atoms with Gasteiger partial charge in [0.25, 0.3) is 0 Å². The summed E-state index contributed by atoms with van der Waals surface area (Å²) in [6, 6.07) is 12.1. The van der Waals surface area contributed by atoms with Crippen LogP contribution in [0.3, 0.4) is 0 Å². The molecule has 0 aromatic heterocycles. The van der Waals surface area contributed by atoms with E-state index in [1.54, 1.807) is 24.3 Å². The Morgan fingerprint density at radius 3 is 2.19 bits per heavy atom. The molecule has 0 N–H and O–H groups in total.